The van der Waals surface area contributed by atoms with Crippen molar-refractivity contribution >= 4 is 30.1 Å². The Morgan fingerprint density at radius 1 is 1.29 bits per heavy atom. The molecule has 1 saturated carbocycles. The van der Waals surface area contributed by atoms with Crippen LogP contribution in [-0.2, 0) is 13.1 Å². The number of halogens is 1. The van der Waals surface area contributed by atoms with Gasteiger partial charge in [0.15, 0.2) is 0 Å². The molecule has 116 valence electrons. The fraction of sp³-hybridized carbons (Fsp3) is 0.562. The number of carbonyl (C=O) groups excluding carboxylic acids is 1. The number of benzene rings is 1. The molecule has 2 unspecified atom stereocenters. The number of amides is 1. The van der Waals surface area contributed by atoms with Crippen LogP contribution in [-0.4, -0.2) is 23.5 Å². The third kappa shape index (κ3) is 3.93. The number of hydrogen-bond acceptors (Lipinski definition) is 3. The minimum atomic E-state index is 0. The lowest BCUT2D eigenvalue weighted by Crippen LogP contribution is -2.39. The van der Waals surface area contributed by atoms with Crippen molar-refractivity contribution in [2.24, 2.45) is 0 Å². The van der Waals surface area contributed by atoms with Gasteiger partial charge in [-0.2, -0.15) is 11.8 Å². The summed E-state index contributed by atoms with van der Waals surface area (Å²) in [7, 11) is 0. The lowest BCUT2D eigenvalue weighted by molar-refractivity contribution is 0.0928. The van der Waals surface area contributed by atoms with Gasteiger partial charge in [0.05, 0.1) is 0 Å². The summed E-state index contributed by atoms with van der Waals surface area (Å²) in [5.74, 6) is 0.0893. The summed E-state index contributed by atoms with van der Waals surface area (Å²) in [5.41, 5.74) is 3.39. The first-order valence-electron chi connectivity index (χ1n) is 7.42. The van der Waals surface area contributed by atoms with Crippen LogP contribution in [0.25, 0.3) is 0 Å². The molecule has 1 aliphatic carbocycles. The SMILES string of the molecule is CSC1CCCC(NC(=O)c2ccc3c(c2)CNC3)C1.Cl. The highest BCUT2D eigenvalue weighted by Gasteiger charge is 2.23. The second-order valence-electron chi connectivity index (χ2n) is 5.78. The Labute approximate surface area is 137 Å². The molecule has 21 heavy (non-hydrogen) atoms. The Morgan fingerprint density at radius 2 is 2.10 bits per heavy atom. The molecule has 0 bridgehead atoms. The average molecular weight is 327 g/mol. The maximum Gasteiger partial charge on any atom is 0.251 e. The Bertz CT molecular complexity index is 509. The van der Waals surface area contributed by atoms with Gasteiger partial charge in [-0.3, -0.25) is 4.79 Å². The smallest absolute Gasteiger partial charge is 0.251 e. The van der Waals surface area contributed by atoms with Gasteiger partial charge in [0, 0.05) is 29.9 Å². The highest BCUT2D eigenvalue weighted by atomic mass is 35.5. The first kappa shape index (κ1) is 16.7. The van der Waals surface area contributed by atoms with Crippen LogP contribution in [0, 0.1) is 0 Å². The summed E-state index contributed by atoms with van der Waals surface area (Å²) in [6, 6.07) is 6.42. The van der Waals surface area contributed by atoms with E-state index in [-0.39, 0.29) is 18.3 Å². The minimum absolute atomic E-state index is 0. The molecular formula is C16H23ClN2OS. The van der Waals surface area contributed by atoms with Crippen molar-refractivity contribution in [3.8, 4) is 0 Å². The van der Waals surface area contributed by atoms with E-state index in [0.717, 1.165) is 31.5 Å². The van der Waals surface area contributed by atoms with Crippen LogP contribution in [0.5, 0.6) is 0 Å². The molecule has 1 aliphatic heterocycles. The standard InChI is InChI=1S/C16H22N2OS.ClH/c1-20-15-4-2-3-14(8-15)18-16(19)11-5-6-12-9-17-10-13(12)7-11;/h5-7,14-15,17H,2-4,8-10H2,1H3,(H,18,19);1H. The maximum absolute atomic E-state index is 12.4. The summed E-state index contributed by atoms with van der Waals surface area (Å²) >= 11 is 1.93. The van der Waals surface area contributed by atoms with Crippen LogP contribution in [0.2, 0.25) is 0 Å². The number of rotatable bonds is 3. The van der Waals surface area contributed by atoms with Crippen LogP contribution in [0.15, 0.2) is 18.2 Å². The Kier molecular flexibility index (Phi) is 5.97. The summed E-state index contributed by atoms with van der Waals surface area (Å²) < 4.78 is 0. The number of nitrogens with one attached hydrogen (secondary N) is 2. The molecule has 3 rings (SSSR count). The number of thioether (sulfide) groups is 1. The monoisotopic (exact) mass is 326 g/mol. The van der Waals surface area contributed by atoms with Crippen molar-refractivity contribution < 1.29 is 4.79 Å². The van der Waals surface area contributed by atoms with Crippen molar-refractivity contribution in [2.45, 2.75) is 50.1 Å². The first-order valence-corrected chi connectivity index (χ1v) is 8.71. The van der Waals surface area contributed by atoms with Crippen molar-refractivity contribution in [3.05, 3.63) is 34.9 Å². The third-order valence-electron chi connectivity index (χ3n) is 4.39. The zero-order chi connectivity index (χ0) is 13.9. The number of fused-ring (bicyclic) bond motifs is 1. The molecule has 0 spiro atoms. The minimum Gasteiger partial charge on any atom is -0.349 e. The van der Waals surface area contributed by atoms with Gasteiger partial charge in [-0.1, -0.05) is 12.5 Å². The van der Waals surface area contributed by atoms with Gasteiger partial charge in [0.2, 0.25) is 0 Å². The molecular weight excluding hydrogens is 304 g/mol. The van der Waals surface area contributed by atoms with Gasteiger partial charge >= 0.3 is 0 Å². The Morgan fingerprint density at radius 3 is 2.90 bits per heavy atom. The van der Waals surface area contributed by atoms with E-state index in [1.807, 2.05) is 23.9 Å². The lowest BCUT2D eigenvalue weighted by Gasteiger charge is -2.28. The van der Waals surface area contributed by atoms with E-state index in [1.165, 1.54) is 24.0 Å². The van der Waals surface area contributed by atoms with Gasteiger partial charge in [-0.15, -0.1) is 12.4 Å². The van der Waals surface area contributed by atoms with Crippen molar-refractivity contribution in [1.29, 1.82) is 0 Å². The molecule has 1 aromatic rings. The molecule has 1 fully saturated rings. The largest absolute Gasteiger partial charge is 0.349 e. The zero-order valence-electron chi connectivity index (χ0n) is 12.4. The maximum atomic E-state index is 12.4. The molecule has 0 aromatic heterocycles. The first-order chi connectivity index (χ1) is 9.76. The van der Waals surface area contributed by atoms with E-state index in [9.17, 15) is 4.79 Å². The second-order valence-corrected chi connectivity index (χ2v) is 6.92. The van der Waals surface area contributed by atoms with Gasteiger partial charge in [0.25, 0.3) is 5.91 Å². The quantitative estimate of drug-likeness (QED) is 0.896. The van der Waals surface area contributed by atoms with E-state index < -0.39 is 0 Å². The fourth-order valence-corrected chi connectivity index (χ4v) is 4.02. The predicted molar refractivity (Wildman–Crippen MR) is 91.3 cm³/mol. The van der Waals surface area contributed by atoms with Crippen LogP contribution in [0.3, 0.4) is 0 Å². The summed E-state index contributed by atoms with van der Waals surface area (Å²) in [4.78, 5) is 12.4. The van der Waals surface area contributed by atoms with Crippen LogP contribution >= 0.6 is 24.2 Å². The van der Waals surface area contributed by atoms with E-state index in [1.54, 1.807) is 0 Å². The Balaban J connectivity index is 0.00000161. The van der Waals surface area contributed by atoms with Gasteiger partial charge < -0.3 is 10.6 Å². The summed E-state index contributed by atoms with van der Waals surface area (Å²) in [6.45, 7) is 1.81. The van der Waals surface area contributed by atoms with Gasteiger partial charge in [0.1, 0.15) is 0 Å². The summed E-state index contributed by atoms with van der Waals surface area (Å²) in [5, 5.41) is 7.24. The number of carbonyl (C=O) groups is 1. The second kappa shape index (κ2) is 7.52. The number of hydrogen-bond donors (Lipinski definition) is 2. The lowest BCUT2D eigenvalue weighted by atomic mass is 9.94. The zero-order valence-corrected chi connectivity index (χ0v) is 14.0. The fourth-order valence-electron chi connectivity index (χ4n) is 3.19. The van der Waals surface area contributed by atoms with Crippen LogP contribution < -0.4 is 10.6 Å². The van der Waals surface area contributed by atoms with E-state index in [4.69, 9.17) is 0 Å². The highest BCUT2D eigenvalue weighted by molar-refractivity contribution is 7.99. The normalized spacial score (nSPS) is 24.0. The highest BCUT2D eigenvalue weighted by Crippen LogP contribution is 2.27. The van der Waals surface area contributed by atoms with E-state index in [2.05, 4.69) is 23.0 Å². The molecule has 1 aromatic carbocycles. The van der Waals surface area contributed by atoms with E-state index >= 15 is 0 Å². The van der Waals surface area contributed by atoms with E-state index in [0.29, 0.717) is 11.3 Å². The predicted octanol–water partition coefficient (Wildman–Crippen LogP) is 3.12. The van der Waals surface area contributed by atoms with Gasteiger partial charge in [-0.25, -0.2) is 0 Å². The molecule has 1 heterocycles. The molecule has 0 saturated heterocycles. The molecule has 2 aliphatic rings. The molecule has 1 amide bonds. The average Bonchev–Trinajstić information content (AvgIpc) is 2.94. The molecule has 5 heteroatoms. The van der Waals surface area contributed by atoms with Crippen molar-refractivity contribution in [2.75, 3.05) is 6.26 Å². The summed E-state index contributed by atoms with van der Waals surface area (Å²) in [6.07, 6.45) is 6.92. The van der Waals surface area contributed by atoms with Crippen molar-refractivity contribution in [3.63, 3.8) is 0 Å². The van der Waals surface area contributed by atoms with Crippen molar-refractivity contribution in [1.82, 2.24) is 10.6 Å². The van der Waals surface area contributed by atoms with Gasteiger partial charge in [-0.05, 0) is 48.8 Å². The Hall–Kier alpha value is -0.710. The molecule has 2 N–H and O–H groups in total. The van der Waals surface area contributed by atoms with Crippen LogP contribution in [0.4, 0.5) is 0 Å². The molecule has 3 nitrogen and oxygen atoms in total. The molecule has 2 atom stereocenters. The third-order valence-corrected chi connectivity index (χ3v) is 5.49. The molecule has 0 radical (unpaired) electrons. The van der Waals surface area contributed by atoms with Crippen LogP contribution in [0.1, 0.15) is 47.2 Å². The topological polar surface area (TPSA) is 41.1 Å².